The average molecular weight is 154 g/mol. The lowest BCUT2D eigenvalue weighted by Gasteiger charge is -2.29. The zero-order chi connectivity index (χ0) is 8.10. The van der Waals surface area contributed by atoms with Crippen molar-refractivity contribution in [3.63, 3.8) is 0 Å². The molecule has 0 aromatic heterocycles. The van der Waals surface area contributed by atoms with Crippen LogP contribution in [0.15, 0.2) is 0 Å². The number of nitrogens with zero attached hydrogens (tertiary/aromatic N) is 1. The summed E-state index contributed by atoms with van der Waals surface area (Å²) in [4.78, 5) is 0. The van der Waals surface area contributed by atoms with Gasteiger partial charge in [-0.15, -0.1) is 0 Å². The van der Waals surface area contributed by atoms with Gasteiger partial charge in [-0.2, -0.15) is 5.26 Å². The molecule has 0 radical (unpaired) electrons. The highest BCUT2D eigenvalue weighted by molar-refractivity contribution is 4.97. The van der Waals surface area contributed by atoms with Crippen molar-refractivity contribution in [3.8, 4) is 6.07 Å². The lowest BCUT2D eigenvalue weighted by Crippen LogP contribution is -2.39. The molecule has 1 atom stereocenters. The molecule has 1 fully saturated rings. The normalized spacial score (nSPS) is 20.4. The summed E-state index contributed by atoms with van der Waals surface area (Å²) < 4.78 is 0. The molecule has 0 aliphatic heterocycles. The van der Waals surface area contributed by atoms with Gasteiger partial charge in [-0.05, 0) is 18.8 Å². The fraction of sp³-hybridized carbons (Fsp3) is 0.875. The maximum absolute atomic E-state index is 8.69. The summed E-state index contributed by atoms with van der Waals surface area (Å²) in [5, 5.41) is 20.2. The first-order valence-corrected chi connectivity index (χ1v) is 4.12. The van der Waals surface area contributed by atoms with E-state index in [2.05, 4.69) is 11.4 Å². The van der Waals surface area contributed by atoms with Crippen LogP contribution in [0.2, 0.25) is 0 Å². The van der Waals surface area contributed by atoms with E-state index in [1.807, 2.05) is 0 Å². The number of hydrogen-bond donors (Lipinski definition) is 2. The van der Waals surface area contributed by atoms with Crippen LogP contribution in [0, 0.1) is 17.2 Å². The average Bonchev–Trinajstić information content (AvgIpc) is 1.93. The predicted octanol–water partition coefficient (Wildman–Crippen LogP) is 0.261. The van der Waals surface area contributed by atoms with E-state index in [4.69, 9.17) is 10.4 Å². The van der Waals surface area contributed by atoms with Crippen LogP contribution in [-0.2, 0) is 0 Å². The molecule has 62 valence electrons. The zero-order valence-electron chi connectivity index (χ0n) is 6.58. The molecular weight excluding hydrogens is 140 g/mol. The second kappa shape index (κ2) is 4.32. The molecule has 0 aromatic carbocycles. The minimum atomic E-state index is -0.0316. The fourth-order valence-electron chi connectivity index (χ4n) is 1.31. The highest BCUT2D eigenvalue weighted by Crippen LogP contribution is 2.29. The Morgan fingerprint density at radius 3 is 2.73 bits per heavy atom. The van der Waals surface area contributed by atoms with E-state index in [-0.39, 0.29) is 12.6 Å². The first-order chi connectivity index (χ1) is 5.38. The molecule has 11 heavy (non-hydrogen) atoms. The molecule has 0 heterocycles. The van der Waals surface area contributed by atoms with Crippen molar-refractivity contribution in [1.82, 2.24) is 5.32 Å². The second-order valence-corrected chi connectivity index (χ2v) is 2.98. The minimum absolute atomic E-state index is 0.0316. The summed E-state index contributed by atoms with van der Waals surface area (Å²) in [5.74, 6) is 0.534. The highest BCUT2D eigenvalue weighted by atomic mass is 16.3. The Morgan fingerprint density at radius 1 is 1.64 bits per heavy atom. The van der Waals surface area contributed by atoms with Crippen LogP contribution in [0.4, 0.5) is 0 Å². The Hall–Kier alpha value is -0.590. The van der Waals surface area contributed by atoms with E-state index in [1.54, 1.807) is 0 Å². The van der Waals surface area contributed by atoms with E-state index >= 15 is 0 Å². The van der Waals surface area contributed by atoms with E-state index in [0.717, 1.165) is 12.8 Å². The van der Waals surface area contributed by atoms with Crippen molar-refractivity contribution in [2.45, 2.75) is 25.3 Å². The van der Waals surface area contributed by atoms with Crippen LogP contribution in [0.5, 0.6) is 0 Å². The molecule has 1 aliphatic carbocycles. The number of hydrogen-bond acceptors (Lipinski definition) is 3. The van der Waals surface area contributed by atoms with E-state index in [9.17, 15) is 0 Å². The lowest BCUT2D eigenvalue weighted by atomic mass is 9.80. The summed E-state index contributed by atoms with van der Waals surface area (Å²) in [6, 6.07) is 2.18. The van der Waals surface area contributed by atoms with Crippen LogP contribution >= 0.6 is 0 Å². The monoisotopic (exact) mass is 154 g/mol. The third-order valence-corrected chi connectivity index (χ3v) is 2.24. The van der Waals surface area contributed by atoms with Gasteiger partial charge in [-0.25, -0.2) is 0 Å². The Bertz CT molecular complexity index is 149. The zero-order valence-corrected chi connectivity index (χ0v) is 6.58. The SMILES string of the molecule is N#CC(NCCO)C1CCC1. The van der Waals surface area contributed by atoms with Gasteiger partial charge < -0.3 is 5.11 Å². The molecule has 0 saturated heterocycles. The smallest absolute Gasteiger partial charge is 0.0982 e. The standard InChI is InChI=1S/C8H14N2O/c9-6-8(10-4-5-11)7-2-1-3-7/h7-8,10-11H,1-5H2. The van der Waals surface area contributed by atoms with Crippen LogP contribution < -0.4 is 5.32 Å². The summed E-state index contributed by atoms with van der Waals surface area (Å²) in [5.41, 5.74) is 0. The fourth-order valence-corrected chi connectivity index (χ4v) is 1.31. The third kappa shape index (κ3) is 2.18. The van der Waals surface area contributed by atoms with Gasteiger partial charge >= 0.3 is 0 Å². The van der Waals surface area contributed by atoms with Gasteiger partial charge in [0.05, 0.1) is 18.7 Å². The van der Waals surface area contributed by atoms with Crippen molar-refractivity contribution >= 4 is 0 Å². The largest absolute Gasteiger partial charge is 0.395 e. The van der Waals surface area contributed by atoms with Crippen molar-refractivity contribution < 1.29 is 5.11 Å². The van der Waals surface area contributed by atoms with Crippen molar-refractivity contribution in [2.75, 3.05) is 13.2 Å². The van der Waals surface area contributed by atoms with Gasteiger partial charge in [0.25, 0.3) is 0 Å². The Balaban J connectivity index is 2.20. The maximum atomic E-state index is 8.69. The van der Waals surface area contributed by atoms with Gasteiger partial charge in [0.1, 0.15) is 0 Å². The predicted molar refractivity (Wildman–Crippen MR) is 41.8 cm³/mol. The first-order valence-electron chi connectivity index (χ1n) is 4.12. The van der Waals surface area contributed by atoms with E-state index in [0.29, 0.717) is 12.5 Å². The molecule has 1 rings (SSSR count). The third-order valence-electron chi connectivity index (χ3n) is 2.24. The number of nitriles is 1. The Morgan fingerprint density at radius 2 is 2.36 bits per heavy atom. The van der Waals surface area contributed by atoms with Gasteiger partial charge in [0.2, 0.25) is 0 Å². The molecule has 1 aliphatic rings. The Kier molecular flexibility index (Phi) is 3.34. The van der Waals surface area contributed by atoms with E-state index < -0.39 is 0 Å². The summed E-state index contributed by atoms with van der Waals surface area (Å²) in [6.45, 7) is 0.652. The van der Waals surface area contributed by atoms with Gasteiger partial charge in [-0.3, -0.25) is 5.32 Å². The second-order valence-electron chi connectivity index (χ2n) is 2.98. The van der Waals surface area contributed by atoms with Gasteiger partial charge in [-0.1, -0.05) is 6.42 Å². The van der Waals surface area contributed by atoms with Crippen LogP contribution in [-0.4, -0.2) is 24.3 Å². The van der Waals surface area contributed by atoms with E-state index in [1.165, 1.54) is 6.42 Å². The molecule has 0 aromatic rings. The highest BCUT2D eigenvalue weighted by Gasteiger charge is 2.26. The number of nitrogens with one attached hydrogen (secondary N) is 1. The molecule has 2 N–H and O–H groups in total. The molecule has 0 spiro atoms. The molecule has 0 amide bonds. The van der Waals surface area contributed by atoms with Crippen molar-refractivity contribution in [3.05, 3.63) is 0 Å². The Labute approximate surface area is 67.0 Å². The number of aliphatic hydroxyl groups excluding tert-OH is 1. The van der Waals surface area contributed by atoms with Gasteiger partial charge in [0, 0.05) is 6.54 Å². The van der Waals surface area contributed by atoms with Gasteiger partial charge in [0.15, 0.2) is 0 Å². The summed E-state index contributed by atoms with van der Waals surface area (Å²) in [7, 11) is 0. The molecule has 0 bridgehead atoms. The van der Waals surface area contributed by atoms with Crippen LogP contribution in [0.3, 0.4) is 0 Å². The first kappa shape index (κ1) is 8.51. The van der Waals surface area contributed by atoms with Crippen LogP contribution in [0.25, 0.3) is 0 Å². The van der Waals surface area contributed by atoms with Crippen molar-refractivity contribution in [1.29, 1.82) is 5.26 Å². The molecule has 1 unspecified atom stereocenters. The lowest BCUT2D eigenvalue weighted by molar-refractivity contribution is 0.239. The molecule has 3 heteroatoms. The topological polar surface area (TPSA) is 56.0 Å². The number of rotatable bonds is 4. The molecule has 1 saturated carbocycles. The maximum Gasteiger partial charge on any atom is 0.0982 e. The van der Waals surface area contributed by atoms with Crippen molar-refractivity contribution in [2.24, 2.45) is 5.92 Å². The summed E-state index contributed by atoms with van der Waals surface area (Å²) in [6.07, 6.45) is 3.58. The summed E-state index contributed by atoms with van der Waals surface area (Å²) >= 11 is 0. The quantitative estimate of drug-likeness (QED) is 0.610. The molecule has 3 nitrogen and oxygen atoms in total. The molecular formula is C8H14N2O. The minimum Gasteiger partial charge on any atom is -0.395 e. The van der Waals surface area contributed by atoms with Crippen LogP contribution in [0.1, 0.15) is 19.3 Å². The number of aliphatic hydroxyl groups is 1.